The molecule has 0 radical (unpaired) electrons. The Balaban J connectivity index is 1.65. The van der Waals surface area contributed by atoms with Gasteiger partial charge in [-0.3, -0.25) is 0 Å². The number of fused-ring (bicyclic) bond motifs is 4. The van der Waals surface area contributed by atoms with E-state index in [1.54, 1.807) is 6.33 Å². The summed E-state index contributed by atoms with van der Waals surface area (Å²) in [6.07, 6.45) is 5.74. The topological polar surface area (TPSA) is 68.8 Å². The first kappa shape index (κ1) is 12.1. The fourth-order valence-corrected chi connectivity index (χ4v) is 3.94. The van der Waals surface area contributed by atoms with E-state index >= 15 is 0 Å². The third-order valence-corrected chi connectivity index (χ3v) is 4.95. The van der Waals surface area contributed by atoms with Crippen molar-refractivity contribution in [1.29, 1.82) is 0 Å². The number of hydrogen-bond donors (Lipinski definition) is 1. The molecule has 1 aromatic carbocycles. The number of aliphatic hydroxyl groups excluding tert-OH is 1. The third kappa shape index (κ3) is 1.45. The summed E-state index contributed by atoms with van der Waals surface area (Å²) in [5, 5.41) is 18.8. The van der Waals surface area contributed by atoms with Crippen LogP contribution in [-0.4, -0.2) is 29.4 Å². The Morgan fingerprint density at radius 3 is 3.05 bits per heavy atom. The summed E-state index contributed by atoms with van der Waals surface area (Å²) in [7, 11) is 0. The number of rotatable bonds is 1. The van der Waals surface area contributed by atoms with Gasteiger partial charge >= 0.3 is 0 Å². The van der Waals surface area contributed by atoms with E-state index in [0.29, 0.717) is 5.82 Å². The maximum Gasteiger partial charge on any atom is 0.162 e. The van der Waals surface area contributed by atoms with Crippen LogP contribution >= 0.6 is 0 Å². The first-order chi connectivity index (χ1) is 10.8. The predicted octanol–water partition coefficient (Wildman–Crippen LogP) is 1.80. The molecule has 0 amide bonds. The molecule has 110 valence electrons. The second kappa shape index (κ2) is 4.27. The largest absolute Gasteiger partial charge is 0.385 e. The molecule has 3 unspecified atom stereocenters. The molecule has 2 aromatic heterocycles. The maximum atomic E-state index is 10.8. The Morgan fingerprint density at radius 1 is 1.18 bits per heavy atom. The SMILES string of the molecule is OC1c2nncn2CCC1C1c2ccccc2-c2cncn21. The Labute approximate surface area is 127 Å². The molecule has 1 N–H and O–H groups in total. The Bertz CT molecular complexity index is 852. The zero-order valence-corrected chi connectivity index (χ0v) is 11.9. The minimum absolute atomic E-state index is 0.0771. The second-order valence-electron chi connectivity index (χ2n) is 6.00. The summed E-state index contributed by atoms with van der Waals surface area (Å²) in [4.78, 5) is 4.30. The van der Waals surface area contributed by atoms with Crippen LogP contribution < -0.4 is 0 Å². The quantitative estimate of drug-likeness (QED) is 0.743. The minimum Gasteiger partial charge on any atom is -0.385 e. The first-order valence-electron chi connectivity index (χ1n) is 7.51. The highest BCUT2D eigenvalue weighted by Gasteiger charge is 2.41. The van der Waals surface area contributed by atoms with E-state index in [0.717, 1.165) is 18.7 Å². The molecule has 0 aliphatic carbocycles. The average molecular weight is 293 g/mol. The molecule has 0 saturated heterocycles. The molecule has 22 heavy (non-hydrogen) atoms. The number of nitrogens with zero attached hydrogens (tertiary/aromatic N) is 5. The molecule has 0 spiro atoms. The Kier molecular flexibility index (Phi) is 2.35. The lowest BCUT2D eigenvalue weighted by Crippen LogP contribution is -2.31. The van der Waals surface area contributed by atoms with E-state index in [-0.39, 0.29) is 12.0 Å². The third-order valence-electron chi connectivity index (χ3n) is 4.95. The van der Waals surface area contributed by atoms with Gasteiger partial charge in [0.2, 0.25) is 0 Å². The molecule has 5 rings (SSSR count). The normalized spacial score (nSPS) is 25.6. The van der Waals surface area contributed by atoms with E-state index in [2.05, 4.69) is 37.9 Å². The number of imidazole rings is 1. The summed E-state index contributed by atoms with van der Waals surface area (Å²) in [6, 6.07) is 8.49. The maximum absolute atomic E-state index is 10.8. The van der Waals surface area contributed by atoms with Crippen LogP contribution in [0.25, 0.3) is 11.3 Å². The van der Waals surface area contributed by atoms with Crippen molar-refractivity contribution in [1.82, 2.24) is 24.3 Å². The minimum atomic E-state index is -0.609. The Hall–Kier alpha value is -2.47. The number of aryl methyl sites for hydroxylation is 1. The van der Waals surface area contributed by atoms with Gasteiger partial charge in [0.1, 0.15) is 12.4 Å². The molecule has 2 aliphatic heterocycles. The summed E-state index contributed by atoms with van der Waals surface area (Å²) in [6.45, 7) is 0.840. The molecular formula is C16H15N5O. The van der Waals surface area contributed by atoms with Crippen LogP contribution in [0.3, 0.4) is 0 Å². The number of aromatic nitrogens is 5. The highest BCUT2D eigenvalue weighted by atomic mass is 16.3. The van der Waals surface area contributed by atoms with Gasteiger partial charge in [-0.1, -0.05) is 24.3 Å². The van der Waals surface area contributed by atoms with Crippen molar-refractivity contribution in [2.45, 2.75) is 25.1 Å². The van der Waals surface area contributed by atoms with Crippen LogP contribution in [0.4, 0.5) is 0 Å². The number of hydrogen-bond acceptors (Lipinski definition) is 4. The van der Waals surface area contributed by atoms with E-state index in [9.17, 15) is 5.11 Å². The van der Waals surface area contributed by atoms with Crippen LogP contribution in [0.1, 0.15) is 30.0 Å². The van der Waals surface area contributed by atoms with Gasteiger partial charge < -0.3 is 14.2 Å². The molecule has 3 atom stereocenters. The summed E-state index contributed by atoms with van der Waals surface area (Å²) >= 11 is 0. The van der Waals surface area contributed by atoms with Gasteiger partial charge in [-0.05, 0) is 12.0 Å². The van der Waals surface area contributed by atoms with Gasteiger partial charge in [-0.25, -0.2) is 4.98 Å². The molecule has 4 heterocycles. The lowest BCUT2D eigenvalue weighted by molar-refractivity contribution is 0.0512. The molecule has 0 bridgehead atoms. The van der Waals surface area contributed by atoms with Crippen molar-refractivity contribution < 1.29 is 5.11 Å². The van der Waals surface area contributed by atoms with Crippen molar-refractivity contribution in [3.8, 4) is 11.3 Å². The summed E-state index contributed by atoms with van der Waals surface area (Å²) in [5.74, 6) is 0.746. The van der Waals surface area contributed by atoms with Gasteiger partial charge in [-0.2, -0.15) is 0 Å². The zero-order valence-electron chi connectivity index (χ0n) is 11.9. The monoisotopic (exact) mass is 293 g/mol. The van der Waals surface area contributed by atoms with Crippen molar-refractivity contribution in [2.24, 2.45) is 5.92 Å². The van der Waals surface area contributed by atoms with Crippen molar-refractivity contribution in [3.63, 3.8) is 0 Å². The van der Waals surface area contributed by atoms with Gasteiger partial charge in [-0.15, -0.1) is 10.2 Å². The highest BCUT2D eigenvalue weighted by molar-refractivity contribution is 5.69. The zero-order chi connectivity index (χ0) is 14.7. The summed E-state index contributed by atoms with van der Waals surface area (Å²) < 4.78 is 4.13. The van der Waals surface area contributed by atoms with Crippen LogP contribution in [0.5, 0.6) is 0 Å². The average Bonchev–Trinajstić information content (AvgIpc) is 3.23. The molecule has 6 nitrogen and oxygen atoms in total. The standard InChI is InChI=1S/C16H15N5O/c22-15-12(5-6-20-9-18-19-16(15)20)14-11-4-2-1-3-10(11)13-7-17-8-21(13)14/h1-4,7-9,12,14-15,22H,5-6H2. The van der Waals surface area contributed by atoms with Crippen LogP contribution in [0.2, 0.25) is 0 Å². The predicted molar refractivity (Wildman–Crippen MR) is 78.9 cm³/mol. The van der Waals surface area contributed by atoms with Crippen molar-refractivity contribution >= 4 is 0 Å². The second-order valence-corrected chi connectivity index (χ2v) is 6.00. The van der Waals surface area contributed by atoms with Crippen LogP contribution in [0, 0.1) is 5.92 Å². The number of benzene rings is 1. The van der Waals surface area contributed by atoms with E-state index in [4.69, 9.17) is 0 Å². The van der Waals surface area contributed by atoms with Crippen molar-refractivity contribution in [2.75, 3.05) is 0 Å². The van der Waals surface area contributed by atoms with Gasteiger partial charge in [0.15, 0.2) is 5.82 Å². The van der Waals surface area contributed by atoms with Gasteiger partial charge in [0.25, 0.3) is 0 Å². The smallest absolute Gasteiger partial charge is 0.162 e. The van der Waals surface area contributed by atoms with Crippen molar-refractivity contribution in [3.05, 3.63) is 54.5 Å². The molecule has 3 aromatic rings. The first-order valence-corrected chi connectivity index (χ1v) is 7.51. The lowest BCUT2D eigenvalue weighted by atomic mass is 9.84. The molecular weight excluding hydrogens is 278 g/mol. The molecule has 0 fully saturated rings. The molecule has 0 saturated carbocycles. The number of aliphatic hydroxyl groups is 1. The fourth-order valence-electron chi connectivity index (χ4n) is 3.94. The van der Waals surface area contributed by atoms with Gasteiger partial charge in [0, 0.05) is 18.0 Å². The van der Waals surface area contributed by atoms with Gasteiger partial charge in [0.05, 0.1) is 24.3 Å². The molecule has 2 aliphatic rings. The fraction of sp³-hybridized carbons (Fsp3) is 0.312. The van der Waals surface area contributed by atoms with E-state index in [1.807, 2.05) is 23.2 Å². The highest BCUT2D eigenvalue weighted by Crippen LogP contribution is 2.48. The summed E-state index contributed by atoms with van der Waals surface area (Å²) in [5.41, 5.74) is 3.60. The van der Waals surface area contributed by atoms with E-state index in [1.165, 1.54) is 11.1 Å². The van der Waals surface area contributed by atoms with E-state index < -0.39 is 6.10 Å². The van der Waals surface area contributed by atoms with Crippen LogP contribution in [0.15, 0.2) is 43.1 Å². The Morgan fingerprint density at radius 2 is 2.09 bits per heavy atom. The molecule has 6 heteroatoms. The van der Waals surface area contributed by atoms with Crippen LogP contribution in [-0.2, 0) is 6.54 Å². The lowest BCUT2D eigenvalue weighted by Gasteiger charge is -2.33.